The van der Waals surface area contributed by atoms with Crippen molar-refractivity contribution in [3.8, 4) is 0 Å². The lowest BCUT2D eigenvalue weighted by atomic mass is 10.1. The van der Waals surface area contributed by atoms with Crippen LogP contribution in [0.4, 0.5) is 0 Å². The van der Waals surface area contributed by atoms with Gasteiger partial charge in [-0.25, -0.2) is 0 Å². The van der Waals surface area contributed by atoms with Crippen LogP contribution < -0.4 is 10.3 Å². The van der Waals surface area contributed by atoms with Crippen molar-refractivity contribution >= 4 is 11.9 Å². The summed E-state index contributed by atoms with van der Waals surface area (Å²) in [5, 5.41) is 20.2. The number of aromatic nitrogens is 1. The summed E-state index contributed by atoms with van der Waals surface area (Å²) in [5.74, 6) is -0.998. The van der Waals surface area contributed by atoms with E-state index < -0.39 is 30.4 Å². The van der Waals surface area contributed by atoms with Gasteiger partial charge in [0.15, 0.2) is 18.5 Å². The molecule has 0 radical (unpaired) electrons. The minimum atomic E-state index is -1.22. The van der Waals surface area contributed by atoms with Crippen molar-refractivity contribution in [2.24, 2.45) is 5.73 Å². The average molecular weight is 325 g/mol. The minimum Gasteiger partial charge on any atom is -0.463 e. The van der Waals surface area contributed by atoms with E-state index in [4.69, 9.17) is 15.2 Å². The van der Waals surface area contributed by atoms with Crippen molar-refractivity contribution in [1.82, 2.24) is 0 Å². The lowest BCUT2D eigenvalue weighted by Gasteiger charge is -2.13. The number of ether oxygens (including phenoxy) is 2. The van der Waals surface area contributed by atoms with Crippen LogP contribution in [0.15, 0.2) is 24.5 Å². The Morgan fingerprint density at radius 3 is 2.78 bits per heavy atom. The van der Waals surface area contributed by atoms with Gasteiger partial charge in [0.25, 0.3) is 12.1 Å². The van der Waals surface area contributed by atoms with Gasteiger partial charge in [-0.1, -0.05) is 6.92 Å². The second-order valence-corrected chi connectivity index (χ2v) is 5.38. The number of esters is 1. The molecule has 0 saturated carbocycles. The van der Waals surface area contributed by atoms with Crippen LogP contribution >= 0.6 is 0 Å². The molecule has 1 aliphatic rings. The summed E-state index contributed by atoms with van der Waals surface area (Å²) in [6.45, 7) is 1.70. The van der Waals surface area contributed by atoms with Gasteiger partial charge in [-0.15, -0.1) is 0 Å². The largest absolute Gasteiger partial charge is 0.463 e. The van der Waals surface area contributed by atoms with Crippen molar-refractivity contribution in [3.63, 3.8) is 0 Å². The summed E-state index contributed by atoms with van der Waals surface area (Å²) in [4.78, 5) is 22.6. The molecule has 1 fully saturated rings. The second-order valence-electron chi connectivity index (χ2n) is 5.38. The average Bonchev–Trinajstić information content (AvgIpc) is 2.81. The molecule has 1 amide bonds. The molecule has 1 aliphatic heterocycles. The minimum absolute atomic E-state index is 0.149. The first kappa shape index (κ1) is 17.3. The molecule has 1 aromatic rings. The fourth-order valence-electron chi connectivity index (χ4n) is 2.36. The summed E-state index contributed by atoms with van der Waals surface area (Å²) in [6.07, 6.45) is -0.234. The zero-order valence-electron chi connectivity index (χ0n) is 12.8. The van der Waals surface area contributed by atoms with Crippen LogP contribution in [0.1, 0.15) is 36.4 Å². The van der Waals surface area contributed by atoms with E-state index in [9.17, 15) is 19.8 Å². The predicted molar refractivity (Wildman–Crippen MR) is 76.9 cm³/mol. The van der Waals surface area contributed by atoms with Crippen LogP contribution in [0.5, 0.6) is 0 Å². The maximum atomic E-state index is 11.4. The molecule has 2 rings (SSSR count). The van der Waals surface area contributed by atoms with Crippen LogP contribution in [-0.2, 0) is 14.3 Å². The van der Waals surface area contributed by atoms with Crippen LogP contribution in [-0.4, -0.2) is 47.0 Å². The highest BCUT2D eigenvalue weighted by Gasteiger charge is 2.48. The van der Waals surface area contributed by atoms with Crippen molar-refractivity contribution < 1.29 is 33.8 Å². The van der Waals surface area contributed by atoms with Gasteiger partial charge in [0.05, 0.1) is 0 Å². The topological polar surface area (TPSA) is 123 Å². The maximum absolute atomic E-state index is 11.4. The van der Waals surface area contributed by atoms with Gasteiger partial charge in [-0.2, -0.15) is 4.57 Å². The summed E-state index contributed by atoms with van der Waals surface area (Å²) in [6, 6.07) is 3.11. The van der Waals surface area contributed by atoms with Crippen LogP contribution in [0.3, 0.4) is 0 Å². The molecule has 4 atom stereocenters. The quantitative estimate of drug-likeness (QED) is 0.457. The Kier molecular flexibility index (Phi) is 5.64. The van der Waals surface area contributed by atoms with E-state index in [-0.39, 0.29) is 24.6 Å². The Balaban J connectivity index is 2.06. The molecule has 1 saturated heterocycles. The number of hydrogen-bond donors (Lipinski definition) is 3. The molecule has 23 heavy (non-hydrogen) atoms. The Hall–Kier alpha value is -2.03. The highest BCUT2D eigenvalue weighted by Crippen LogP contribution is 2.25. The smallest absolute Gasteiger partial charge is 0.305 e. The van der Waals surface area contributed by atoms with E-state index in [1.165, 1.54) is 16.8 Å². The number of nitrogens with two attached hydrogens (primary N) is 1. The molecule has 0 unspecified atom stereocenters. The molecular weight excluding hydrogens is 304 g/mol. The SMILES string of the molecule is CCCC(=O)OC[C@H]1O[C@@H]([n+]2cccc(C(N)=O)c2)[C@H](O)[C@@H]1O. The number of carbonyl (C=O) groups excluding carboxylic acids is 2. The number of aliphatic hydroxyl groups is 2. The summed E-state index contributed by atoms with van der Waals surface area (Å²) < 4.78 is 12.0. The predicted octanol–water partition coefficient (Wildman–Crippen LogP) is -0.964. The summed E-state index contributed by atoms with van der Waals surface area (Å²) in [7, 11) is 0. The lowest BCUT2D eigenvalue weighted by molar-refractivity contribution is -0.765. The number of amides is 1. The Morgan fingerprint density at radius 1 is 1.39 bits per heavy atom. The Bertz CT molecular complexity index is 579. The van der Waals surface area contributed by atoms with E-state index >= 15 is 0 Å². The van der Waals surface area contributed by atoms with Gasteiger partial charge >= 0.3 is 5.97 Å². The molecule has 0 spiro atoms. The number of rotatable bonds is 6. The highest BCUT2D eigenvalue weighted by molar-refractivity contribution is 5.92. The van der Waals surface area contributed by atoms with Crippen LogP contribution in [0.2, 0.25) is 0 Å². The number of pyridine rings is 1. The lowest BCUT2D eigenvalue weighted by Crippen LogP contribution is -2.46. The molecule has 8 nitrogen and oxygen atoms in total. The van der Waals surface area contributed by atoms with E-state index in [1.54, 1.807) is 12.3 Å². The number of primary amides is 1. The first-order valence-electron chi connectivity index (χ1n) is 7.42. The molecule has 0 bridgehead atoms. The molecule has 4 N–H and O–H groups in total. The Labute approximate surface area is 133 Å². The fourth-order valence-corrected chi connectivity index (χ4v) is 2.36. The van der Waals surface area contributed by atoms with E-state index in [1.807, 2.05) is 6.92 Å². The summed E-state index contributed by atoms with van der Waals surface area (Å²) in [5.41, 5.74) is 5.46. The third-order valence-corrected chi connectivity index (χ3v) is 3.60. The van der Waals surface area contributed by atoms with Crippen molar-refractivity contribution in [2.45, 2.75) is 44.3 Å². The molecule has 126 valence electrons. The third-order valence-electron chi connectivity index (χ3n) is 3.60. The Morgan fingerprint density at radius 2 is 2.13 bits per heavy atom. The number of aliphatic hydroxyl groups excluding tert-OH is 2. The zero-order chi connectivity index (χ0) is 17.0. The number of nitrogens with zero attached hydrogens (tertiary/aromatic N) is 1. The molecule has 8 heteroatoms. The molecule has 1 aromatic heterocycles. The van der Waals surface area contributed by atoms with Crippen molar-refractivity contribution in [1.29, 1.82) is 0 Å². The summed E-state index contributed by atoms with van der Waals surface area (Å²) >= 11 is 0. The van der Waals surface area contributed by atoms with Gasteiger partial charge in [0, 0.05) is 12.5 Å². The number of carbonyl (C=O) groups is 2. The highest BCUT2D eigenvalue weighted by atomic mass is 16.6. The monoisotopic (exact) mass is 325 g/mol. The normalized spacial score (nSPS) is 26.9. The van der Waals surface area contributed by atoms with Gasteiger partial charge < -0.3 is 25.4 Å². The van der Waals surface area contributed by atoms with Crippen molar-refractivity contribution in [3.05, 3.63) is 30.1 Å². The molecule has 0 aliphatic carbocycles. The van der Waals surface area contributed by atoms with Crippen LogP contribution in [0.25, 0.3) is 0 Å². The standard InChI is InChI=1S/C15H20N2O6/c1-2-4-11(18)22-8-10-12(19)13(20)15(23-10)17-6-3-5-9(7-17)14(16)21/h3,5-7,10,12-13,15,19-20H,2,4,8H2,1H3,(H-,16,21)/p+1/t10-,12-,13-,15-/m1/s1. The molecular formula is C15H21N2O6+. The first-order chi connectivity index (χ1) is 10.9. The number of hydrogen-bond acceptors (Lipinski definition) is 6. The first-order valence-corrected chi connectivity index (χ1v) is 7.42. The van der Waals surface area contributed by atoms with E-state index in [2.05, 4.69) is 0 Å². The van der Waals surface area contributed by atoms with E-state index in [0.29, 0.717) is 6.42 Å². The van der Waals surface area contributed by atoms with Gasteiger partial charge in [0.2, 0.25) is 0 Å². The fraction of sp³-hybridized carbons (Fsp3) is 0.533. The van der Waals surface area contributed by atoms with Crippen LogP contribution in [0, 0.1) is 0 Å². The van der Waals surface area contributed by atoms with Gasteiger partial charge in [-0.05, 0) is 12.5 Å². The van der Waals surface area contributed by atoms with E-state index in [0.717, 1.165) is 0 Å². The second kappa shape index (κ2) is 7.49. The maximum Gasteiger partial charge on any atom is 0.305 e. The third kappa shape index (κ3) is 4.04. The van der Waals surface area contributed by atoms with Gasteiger partial charge in [0.1, 0.15) is 24.4 Å². The van der Waals surface area contributed by atoms with Crippen molar-refractivity contribution in [2.75, 3.05) is 6.61 Å². The zero-order valence-corrected chi connectivity index (χ0v) is 12.8. The van der Waals surface area contributed by atoms with Gasteiger partial charge in [-0.3, -0.25) is 9.59 Å². The molecule has 2 heterocycles. The molecule has 0 aromatic carbocycles.